The first kappa shape index (κ1) is 15.8. The van der Waals surface area contributed by atoms with Gasteiger partial charge >= 0.3 is 0 Å². The number of sulfone groups is 1. The number of nitrogens with zero attached hydrogens (tertiary/aromatic N) is 1. The minimum Gasteiger partial charge on any atom is -0.316 e. The smallest absolute Gasteiger partial charge is 0.161 e. The number of amidine groups is 1. The Morgan fingerprint density at radius 1 is 1.09 bits per heavy atom. The molecule has 2 aromatic carbocycles. The van der Waals surface area contributed by atoms with Crippen LogP contribution in [0.15, 0.2) is 42.5 Å². The van der Waals surface area contributed by atoms with E-state index < -0.39 is 9.84 Å². The van der Waals surface area contributed by atoms with Gasteiger partial charge in [-0.25, -0.2) is 8.42 Å². The van der Waals surface area contributed by atoms with Crippen LogP contribution in [-0.2, 0) is 9.84 Å². The lowest BCUT2D eigenvalue weighted by molar-refractivity contribution is 0.601. The van der Waals surface area contributed by atoms with Crippen molar-refractivity contribution in [1.29, 1.82) is 5.41 Å². The van der Waals surface area contributed by atoms with Crippen LogP contribution in [0.4, 0.5) is 5.69 Å². The maximum Gasteiger partial charge on any atom is 0.161 e. The second kappa shape index (κ2) is 5.54. The molecular formula is C15H15BrN2O2S2. The Labute approximate surface area is 144 Å². The Morgan fingerprint density at radius 2 is 1.82 bits per heavy atom. The first-order chi connectivity index (χ1) is 10.1. The summed E-state index contributed by atoms with van der Waals surface area (Å²) in [5, 5.41) is 10.9. The molecule has 22 heavy (non-hydrogen) atoms. The van der Waals surface area contributed by atoms with Crippen molar-refractivity contribution in [3.8, 4) is 0 Å². The molecule has 2 heterocycles. The van der Waals surface area contributed by atoms with E-state index in [4.69, 9.17) is 5.41 Å². The number of anilines is 1. The van der Waals surface area contributed by atoms with E-state index in [0.717, 1.165) is 16.5 Å². The Hall–Kier alpha value is -1.05. The Bertz CT molecular complexity index is 848. The summed E-state index contributed by atoms with van der Waals surface area (Å²) in [6.45, 7) is 0. The monoisotopic (exact) mass is 398 g/mol. The van der Waals surface area contributed by atoms with Crippen molar-refractivity contribution in [1.82, 2.24) is 0 Å². The standard InChI is InChI=1S/C15H14N2O2S2.BrH/c16-15-17(13-8-21(18,19)9-14(13)20-15)12-7-3-5-10-4-1-2-6-11(10)12;/h1-7,13-14,16H,8-9H2;1H. The van der Waals surface area contributed by atoms with Gasteiger partial charge in [0.25, 0.3) is 0 Å². The van der Waals surface area contributed by atoms with Gasteiger partial charge in [-0.3, -0.25) is 5.41 Å². The van der Waals surface area contributed by atoms with Crippen LogP contribution < -0.4 is 4.90 Å². The third-order valence-corrected chi connectivity index (χ3v) is 7.24. The quantitative estimate of drug-likeness (QED) is 0.801. The summed E-state index contributed by atoms with van der Waals surface area (Å²) in [5.41, 5.74) is 0.940. The highest BCUT2D eigenvalue weighted by Gasteiger charge is 2.48. The maximum absolute atomic E-state index is 11.9. The molecule has 0 aromatic heterocycles. The third kappa shape index (κ3) is 2.45. The van der Waals surface area contributed by atoms with E-state index in [1.54, 1.807) is 0 Å². The zero-order valence-corrected chi connectivity index (χ0v) is 14.9. The highest BCUT2D eigenvalue weighted by molar-refractivity contribution is 8.93. The fourth-order valence-electron chi connectivity index (χ4n) is 3.21. The van der Waals surface area contributed by atoms with E-state index in [-0.39, 0.29) is 39.8 Å². The molecule has 2 saturated heterocycles. The summed E-state index contributed by atoms with van der Waals surface area (Å²) in [6.07, 6.45) is 0. The molecule has 2 atom stereocenters. The van der Waals surface area contributed by atoms with E-state index in [9.17, 15) is 8.42 Å². The lowest BCUT2D eigenvalue weighted by atomic mass is 10.1. The molecule has 0 amide bonds. The van der Waals surface area contributed by atoms with Crippen molar-refractivity contribution >= 4 is 60.2 Å². The molecule has 4 nitrogen and oxygen atoms in total. The number of rotatable bonds is 1. The first-order valence-electron chi connectivity index (χ1n) is 6.78. The van der Waals surface area contributed by atoms with Gasteiger partial charge < -0.3 is 4.90 Å². The SMILES string of the molecule is Br.N=C1SC2CS(=O)(=O)CC2N1c1cccc2ccccc12. The molecule has 0 saturated carbocycles. The average Bonchev–Trinajstić information content (AvgIpc) is 2.88. The number of benzene rings is 2. The largest absolute Gasteiger partial charge is 0.316 e. The molecule has 2 aliphatic rings. The molecule has 116 valence electrons. The van der Waals surface area contributed by atoms with E-state index >= 15 is 0 Å². The molecule has 2 fully saturated rings. The van der Waals surface area contributed by atoms with Crippen LogP contribution in [0.25, 0.3) is 10.8 Å². The third-order valence-electron chi connectivity index (χ3n) is 4.11. The Morgan fingerprint density at radius 3 is 2.64 bits per heavy atom. The van der Waals surface area contributed by atoms with Gasteiger partial charge in [-0.1, -0.05) is 48.2 Å². The second-order valence-electron chi connectivity index (χ2n) is 5.47. The van der Waals surface area contributed by atoms with E-state index in [1.165, 1.54) is 11.8 Å². The Kier molecular flexibility index (Phi) is 3.99. The zero-order chi connectivity index (χ0) is 14.6. The van der Waals surface area contributed by atoms with Gasteiger partial charge in [-0.05, 0) is 11.5 Å². The highest BCUT2D eigenvalue weighted by Crippen LogP contribution is 2.42. The lowest BCUT2D eigenvalue weighted by Crippen LogP contribution is -2.37. The van der Waals surface area contributed by atoms with Crippen LogP contribution in [0.1, 0.15) is 0 Å². The maximum atomic E-state index is 11.9. The lowest BCUT2D eigenvalue weighted by Gasteiger charge is -2.25. The van der Waals surface area contributed by atoms with Crippen molar-refractivity contribution in [3.63, 3.8) is 0 Å². The number of hydrogen-bond donors (Lipinski definition) is 1. The first-order valence-corrected chi connectivity index (χ1v) is 9.48. The van der Waals surface area contributed by atoms with Gasteiger partial charge in [0, 0.05) is 10.6 Å². The van der Waals surface area contributed by atoms with Crippen LogP contribution in [-0.4, -0.2) is 36.4 Å². The molecule has 0 bridgehead atoms. The minimum absolute atomic E-state index is 0. The van der Waals surface area contributed by atoms with Crippen LogP contribution >= 0.6 is 28.7 Å². The number of nitrogens with one attached hydrogen (secondary N) is 1. The summed E-state index contributed by atoms with van der Waals surface area (Å²) in [4.78, 5) is 1.90. The van der Waals surface area contributed by atoms with Crippen molar-refractivity contribution in [3.05, 3.63) is 42.5 Å². The zero-order valence-electron chi connectivity index (χ0n) is 11.6. The average molecular weight is 399 g/mol. The topological polar surface area (TPSA) is 61.2 Å². The predicted octanol–water partition coefficient (Wildman–Crippen LogP) is 3.07. The molecule has 7 heteroatoms. The van der Waals surface area contributed by atoms with Crippen LogP contribution in [0.2, 0.25) is 0 Å². The van der Waals surface area contributed by atoms with Crippen molar-refractivity contribution in [2.75, 3.05) is 16.4 Å². The summed E-state index contributed by atoms with van der Waals surface area (Å²) in [5.74, 6) is 0.336. The molecule has 2 aromatic rings. The van der Waals surface area contributed by atoms with Gasteiger partial charge in [0.1, 0.15) is 0 Å². The Balaban J connectivity index is 0.00000144. The minimum atomic E-state index is -2.98. The van der Waals surface area contributed by atoms with Crippen molar-refractivity contribution in [2.24, 2.45) is 0 Å². The molecule has 0 radical (unpaired) electrons. The van der Waals surface area contributed by atoms with Gasteiger partial charge in [0.15, 0.2) is 15.0 Å². The van der Waals surface area contributed by atoms with Gasteiger partial charge in [-0.15, -0.1) is 17.0 Å². The summed E-state index contributed by atoms with van der Waals surface area (Å²) < 4.78 is 23.8. The highest BCUT2D eigenvalue weighted by atomic mass is 79.9. The van der Waals surface area contributed by atoms with Gasteiger partial charge in [-0.2, -0.15) is 0 Å². The predicted molar refractivity (Wildman–Crippen MR) is 98.3 cm³/mol. The molecule has 0 spiro atoms. The number of thioether (sulfide) groups is 1. The molecule has 0 aliphatic carbocycles. The van der Waals surface area contributed by atoms with Gasteiger partial charge in [0.2, 0.25) is 0 Å². The van der Waals surface area contributed by atoms with E-state index in [1.807, 2.05) is 47.4 Å². The fourth-order valence-corrected chi connectivity index (χ4v) is 6.99. The molecule has 2 aliphatic heterocycles. The molecular weight excluding hydrogens is 384 g/mol. The van der Waals surface area contributed by atoms with Gasteiger partial charge in [0.05, 0.1) is 23.2 Å². The van der Waals surface area contributed by atoms with Crippen molar-refractivity contribution in [2.45, 2.75) is 11.3 Å². The number of hydrogen-bond acceptors (Lipinski definition) is 4. The van der Waals surface area contributed by atoms with Crippen LogP contribution in [0, 0.1) is 5.41 Å². The molecule has 4 rings (SSSR count). The summed E-state index contributed by atoms with van der Waals surface area (Å²) >= 11 is 1.38. The summed E-state index contributed by atoms with van der Waals surface area (Å²) in [7, 11) is -2.98. The number of halogens is 1. The van der Waals surface area contributed by atoms with Crippen LogP contribution in [0.3, 0.4) is 0 Å². The van der Waals surface area contributed by atoms with E-state index in [0.29, 0.717) is 5.17 Å². The van der Waals surface area contributed by atoms with Crippen molar-refractivity contribution < 1.29 is 8.42 Å². The molecule has 1 N–H and O–H groups in total. The normalized spacial score (nSPS) is 26.0. The number of fused-ring (bicyclic) bond motifs is 2. The fraction of sp³-hybridized carbons (Fsp3) is 0.267. The molecule has 2 unspecified atom stereocenters. The van der Waals surface area contributed by atoms with Crippen LogP contribution in [0.5, 0.6) is 0 Å². The second-order valence-corrected chi connectivity index (χ2v) is 8.86. The van der Waals surface area contributed by atoms with E-state index in [2.05, 4.69) is 0 Å². The summed E-state index contributed by atoms with van der Waals surface area (Å²) in [6, 6.07) is 13.9.